The van der Waals surface area contributed by atoms with Crippen LogP contribution in [0.3, 0.4) is 0 Å². The largest absolute Gasteiger partial charge is 0.416 e. The zero-order valence-corrected chi connectivity index (χ0v) is 21.5. The summed E-state index contributed by atoms with van der Waals surface area (Å²) in [6.45, 7) is 2.98. The number of amides is 1. The highest BCUT2D eigenvalue weighted by atomic mass is 32.2. The zero-order valence-electron chi connectivity index (χ0n) is 20.7. The van der Waals surface area contributed by atoms with Gasteiger partial charge >= 0.3 is 11.9 Å². The van der Waals surface area contributed by atoms with E-state index in [1.807, 2.05) is 24.1 Å². The first-order valence-electron chi connectivity index (χ1n) is 12.0. The molecule has 1 aliphatic heterocycles. The molecule has 5 rings (SSSR count). The number of imidazole rings is 1. The van der Waals surface area contributed by atoms with Crippen molar-refractivity contribution in [2.24, 2.45) is 0 Å². The summed E-state index contributed by atoms with van der Waals surface area (Å²) in [5.41, 5.74) is 1.68. The van der Waals surface area contributed by atoms with E-state index in [0.29, 0.717) is 52.6 Å². The van der Waals surface area contributed by atoms with Crippen molar-refractivity contribution in [3.05, 3.63) is 70.9 Å². The van der Waals surface area contributed by atoms with Crippen molar-refractivity contribution in [3.8, 4) is 11.1 Å². The summed E-state index contributed by atoms with van der Waals surface area (Å²) in [6.07, 6.45) is 0.383. The van der Waals surface area contributed by atoms with Crippen LogP contribution in [0.5, 0.6) is 0 Å². The molecule has 2 aromatic heterocycles. The van der Waals surface area contributed by atoms with Crippen LogP contribution >= 0.6 is 11.8 Å². The van der Waals surface area contributed by atoms with Crippen LogP contribution in [0.25, 0.3) is 22.2 Å². The van der Waals surface area contributed by atoms with Crippen LogP contribution in [0.1, 0.15) is 12.5 Å². The fourth-order valence-corrected chi connectivity index (χ4v) is 5.13. The number of carbonyl (C=O) groups excluding carboxylic acids is 1. The number of alkyl halides is 3. The van der Waals surface area contributed by atoms with Crippen LogP contribution in [0, 0.1) is 0 Å². The molecule has 0 saturated carbocycles. The van der Waals surface area contributed by atoms with Crippen LogP contribution in [0.2, 0.25) is 0 Å². The second kappa shape index (κ2) is 10.2. The van der Waals surface area contributed by atoms with E-state index in [9.17, 15) is 22.8 Å². The minimum atomic E-state index is -4.49. The number of hydrogen-bond acceptors (Lipinski definition) is 6. The van der Waals surface area contributed by atoms with Gasteiger partial charge in [0.2, 0.25) is 5.91 Å². The third-order valence-electron chi connectivity index (χ3n) is 6.71. The van der Waals surface area contributed by atoms with E-state index in [0.717, 1.165) is 12.1 Å². The molecule has 38 heavy (non-hydrogen) atoms. The Hall–Kier alpha value is -3.80. The Morgan fingerprint density at radius 1 is 1.13 bits per heavy atom. The van der Waals surface area contributed by atoms with E-state index in [2.05, 4.69) is 15.0 Å². The minimum Gasteiger partial charge on any atom is -0.367 e. The first kappa shape index (κ1) is 25.8. The van der Waals surface area contributed by atoms with Gasteiger partial charge in [-0.3, -0.25) is 9.36 Å². The normalized spacial score (nSPS) is 16.3. The van der Waals surface area contributed by atoms with E-state index < -0.39 is 11.7 Å². The van der Waals surface area contributed by atoms with E-state index >= 15 is 0 Å². The number of thioether (sulfide) groups is 1. The fourth-order valence-electron chi connectivity index (χ4n) is 4.82. The monoisotopic (exact) mass is 542 g/mol. The highest BCUT2D eigenvalue weighted by Gasteiger charge is 2.33. The van der Waals surface area contributed by atoms with Crippen LogP contribution in [0.15, 0.2) is 64.8 Å². The molecule has 1 saturated heterocycles. The molecule has 1 fully saturated rings. The van der Waals surface area contributed by atoms with Gasteiger partial charge < -0.3 is 14.8 Å². The van der Waals surface area contributed by atoms with Gasteiger partial charge in [-0.15, -0.1) is 0 Å². The number of carbonyl (C=O) groups is 1. The van der Waals surface area contributed by atoms with E-state index in [1.54, 1.807) is 23.1 Å². The Labute approximate surface area is 220 Å². The summed E-state index contributed by atoms with van der Waals surface area (Å²) in [5.74, 6) is -0.197. The van der Waals surface area contributed by atoms with Crippen LogP contribution < -0.4 is 10.6 Å². The fraction of sp³-hybridized carbons (Fsp3) is 0.308. The summed E-state index contributed by atoms with van der Waals surface area (Å²) < 4.78 is 42.0. The number of nitrogens with one attached hydrogen (secondary N) is 1. The Balaban J connectivity index is 1.39. The predicted octanol–water partition coefficient (Wildman–Crippen LogP) is 4.26. The molecule has 2 aromatic carbocycles. The summed E-state index contributed by atoms with van der Waals surface area (Å²) in [5, 5.41) is 0.525. The van der Waals surface area contributed by atoms with Crippen LogP contribution in [0.4, 0.5) is 18.9 Å². The lowest BCUT2D eigenvalue weighted by molar-refractivity contribution is -0.137. The SMILES string of the molecule is CSc1ncc(-c2cc(C(F)(F)F)ccc2N2CCN(C(=O)Cn3c(=O)[nH]c4ccccc43)C(C)C2)cn1. The molecule has 1 atom stereocenters. The van der Waals surface area contributed by atoms with Crippen molar-refractivity contribution in [1.82, 2.24) is 24.4 Å². The first-order chi connectivity index (χ1) is 18.2. The first-order valence-corrected chi connectivity index (χ1v) is 13.2. The number of aromatic amines is 1. The molecule has 1 amide bonds. The molecule has 1 aliphatic rings. The van der Waals surface area contributed by atoms with Crippen molar-refractivity contribution in [2.75, 3.05) is 30.8 Å². The summed E-state index contributed by atoms with van der Waals surface area (Å²) >= 11 is 1.34. The number of halogens is 3. The average molecular weight is 543 g/mol. The Morgan fingerprint density at radius 3 is 2.55 bits per heavy atom. The quantitative estimate of drug-likeness (QED) is 0.300. The van der Waals surface area contributed by atoms with Gasteiger partial charge in [0.15, 0.2) is 5.16 Å². The molecule has 3 heterocycles. The van der Waals surface area contributed by atoms with Crippen molar-refractivity contribution >= 4 is 34.4 Å². The van der Waals surface area contributed by atoms with Gasteiger partial charge in [0.05, 0.1) is 16.6 Å². The Morgan fingerprint density at radius 2 is 1.87 bits per heavy atom. The highest BCUT2D eigenvalue weighted by Crippen LogP contribution is 2.38. The predicted molar refractivity (Wildman–Crippen MR) is 140 cm³/mol. The van der Waals surface area contributed by atoms with Gasteiger partial charge in [-0.25, -0.2) is 14.8 Å². The number of para-hydroxylation sites is 2. The Bertz CT molecular complexity index is 1530. The number of piperazine rings is 1. The molecule has 0 radical (unpaired) electrons. The standard InChI is InChI=1S/C26H25F3N6O2S/c1-16-14-33(9-10-34(16)23(36)15-35-22-6-4-3-5-20(22)32-25(35)37)21-8-7-18(26(27,28)29)11-19(21)17-12-30-24(38-2)31-13-17/h3-8,11-13,16H,9-10,14-15H2,1-2H3,(H,32,37). The molecular weight excluding hydrogens is 517 g/mol. The van der Waals surface area contributed by atoms with E-state index in [4.69, 9.17) is 0 Å². The van der Waals surface area contributed by atoms with Gasteiger partial charge in [-0.2, -0.15) is 13.2 Å². The number of benzene rings is 2. The number of anilines is 1. The smallest absolute Gasteiger partial charge is 0.367 e. The summed E-state index contributed by atoms with van der Waals surface area (Å²) in [4.78, 5) is 40.5. The van der Waals surface area contributed by atoms with E-state index in [-0.39, 0.29) is 24.2 Å². The maximum atomic E-state index is 13.5. The zero-order chi connectivity index (χ0) is 27.0. The number of hydrogen-bond donors (Lipinski definition) is 1. The van der Waals surface area contributed by atoms with E-state index in [1.165, 1.54) is 34.8 Å². The van der Waals surface area contributed by atoms with Crippen molar-refractivity contribution in [3.63, 3.8) is 0 Å². The highest BCUT2D eigenvalue weighted by molar-refractivity contribution is 7.98. The van der Waals surface area contributed by atoms with Gasteiger partial charge in [-0.1, -0.05) is 23.9 Å². The minimum absolute atomic E-state index is 0.0994. The van der Waals surface area contributed by atoms with Crippen molar-refractivity contribution < 1.29 is 18.0 Å². The maximum Gasteiger partial charge on any atom is 0.416 e. The molecule has 0 aliphatic carbocycles. The van der Waals surface area contributed by atoms with Crippen LogP contribution in [-0.2, 0) is 17.5 Å². The molecule has 12 heteroatoms. The molecule has 0 spiro atoms. The number of rotatable bonds is 5. The summed E-state index contributed by atoms with van der Waals surface area (Å²) in [6, 6.07) is 10.6. The van der Waals surface area contributed by atoms with Crippen molar-refractivity contribution in [1.29, 1.82) is 0 Å². The number of H-pyrrole nitrogens is 1. The lowest BCUT2D eigenvalue weighted by Crippen LogP contribution is -2.55. The average Bonchev–Trinajstić information content (AvgIpc) is 3.22. The molecule has 0 bridgehead atoms. The number of aromatic nitrogens is 4. The van der Waals surface area contributed by atoms with Gasteiger partial charge in [0, 0.05) is 54.9 Å². The van der Waals surface area contributed by atoms with Gasteiger partial charge in [0.1, 0.15) is 6.54 Å². The molecule has 8 nitrogen and oxygen atoms in total. The van der Waals surface area contributed by atoms with Crippen LogP contribution in [-0.4, -0.2) is 62.3 Å². The van der Waals surface area contributed by atoms with Gasteiger partial charge in [0.25, 0.3) is 0 Å². The third-order valence-corrected chi connectivity index (χ3v) is 7.29. The lowest BCUT2D eigenvalue weighted by Gasteiger charge is -2.41. The molecular formula is C26H25F3N6O2S. The second-order valence-corrected chi connectivity index (χ2v) is 9.88. The molecule has 4 aromatic rings. The molecule has 198 valence electrons. The second-order valence-electron chi connectivity index (χ2n) is 9.10. The lowest BCUT2D eigenvalue weighted by atomic mass is 10.0. The topological polar surface area (TPSA) is 87.1 Å². The number of fused-ring (bicyclic) bond motifs is 1. The molecule has 1 unspecified atom stereocenters. The molecule has 1 N–H and O–H groups in total. The Kier molecular flexibility index (Phi) is 6.91. The van der Waals surface area contributed by atoms with Gasteiger partial charge in [-0.05, 0) is 43.5 Å². The van der Waals surface area contributed by atoms with Crippen molar-refractivity contribution in [2.45, 2.75) is 30.8 Å². The third kappa shape index (κ3) is 5.00. The number of nitrogens with zero attached hydrogens (tertiary/aromatic N) is 5. The summed E-state index contributed by atoms with van der Waals surface area (Å²) in [7, 11) is 0. The maximum absolute atomic E-state index is 13.5.